The maximum absolute atomic E-state index is 13.5. The van der Waals surface area contributed by atoms with Crippen LogP contribution in [0.15, 0.2) is 60.1 Å². The first-order valence-electron chi connectivity index (χ1n) is 10.1. The summed E-state index contributed by atoms with van der Waals surface area (Å²) in [5.41, 5.74) is 3.78. The lowest BCUT2D eigenvalue weighted by Gasteiger charge is -2.29. The van der Waals surface area contributed by atoms with Gasteiger partial charge in [-0.15, -0.1) is 0 Å². The monoisotopic (exact) mass is 434 g/mol. The topological polar surface area (TPSA) is 93.5 Å². The highest BCUT2D eigenvalue weighted by molar-refractivity contribution is 6.06. The first kappa shape index (κ1) is 21.2. The van der Waals surface area contributed by atoms with E-state index >= 15 is 0 Å². The van der Waals surface area contributed by atoms with Gasteiger partial charge in [-0.3, -0.25) is 4.79 Å². The number of methoxy groups -OCH3 is 2. The third-order valence-corrected chi connectivity index (χ3v) is 5.42. The van der Waals surface area contributed by atoms with Crippen LogP contribution in [0, 0.1) is 0 Å². The number of benzene rings is 2. The summed E-state index contributed by atoms with van der Waals surface area (Å²) in [6.07, 6.45) is 1.48. The van der Waals surface area contributed by atoms with Gasteiger partial charge >= 0.3 is 0 Å². The molecule has 1 atom stereocenters. The molecule has 2 aromatic carbocycles. The molecule has 0 radical (unpaired) electrons. The average Bonchev–Trinajstić information content (AvgIpc) is 3.26. The van der Waals surface area contributed by atoms with Gasteiger partial charge in [-0.05, 0) is 36.8 Å². The molecule has 0 spiro atoms. The van der Waals surface area contributed by atoms with Crippen molar-refractivity contribution in [1.82, 2.24) is 14.8 Å². The second-order valence-electron chi connectivity index (χ2n) is 7.60. The van der Waals surface area contributed by atoms with Gasteiger partial charge in [0.05, 0.1) is 25.5 Å². The lowest BCUT2D eigenvalue weighted by atomic mass is 9.94. The summed E-state index contributed by atoms with van der Waals surface area (Å²) in [5.74, 6) is 1.47. The van der Waals surface area contributed by atoms with Crippen LogP contribution in [0.4, 0.5) is 17.3 Å². The molecule has 1 aliphatic rings. The van der Waals surface area contributed by atoms with Crippen molar-refractivity contribution in [2.45, 2.75) is 13.0 Å². The number of aromatic nitrogens is 3. The molecule has 2 heterocycles. The molecule has 32 heavy (non-hydrogen) atoms. The lowest BCUT2D eigenvalue weighted by molar-refractivity contribution is -0.113. The first-order chi connectivity index (χ1) is 15.4. The first-order valence-corrected chi connectivity index (χ1v) is 10.1. The Morgan fingerprint density at radius 3 is 2.53 bits per heavy atom. The summed E-state index contributed by atoms with van der Waals surface area (Å²) in [5, 5.41) is 10.5. The zero-order valence-electron chi connectivity index (χ0n) is 18.7. The normalized spacial score (nSPS) is 15.0. The predicted octanol–water partition coefficient (Wildman–Crippen LogP) is 3.29. The summed E-state index contributed by atoms with van der Waals surface area (Å²) >= 11 is 0. The van der Waals surface area contributed by atoms with Crippen LogP contribution in [0.25, 0.3) is 0 Å². The van der Waals surface area contributed by atoms with Crippen molar-refractivity contribution in [3.63, 3.8) is 0 Å². The quantitative estimate of drug-likeness (QED) is 0.615. The summed E-state index contributed by atoms with van der Waals surface area (Å²) in [6, 6.07) is 12.9. The Morgan fingerprint density at radius 1 is 1.12 bits per heavy atom. The highest BCUT2D eigenvalue weighted by Gasteiger charge is 2.33. The van der Waals surface area contributed by atoms with Crippen LogP contribution in [0.2, 0.25) is 0 Å². The van der Waals surface area contributed by atoms with Crippen molar-refractivity contribution < 1.29 is 14.3 Å². The van der Waals surface area contributed by atoms with Gasteiger partial charge in [0.25, 0.3) is 5.91 Å². The molecule has 4 rings (SSSR count). The van der Waals surface area contributed by atoms with Crippen LogP contribution in [0.5, 0.6) is 11.5 Å². The number of hydrogen-bond donors (Lipinski definition) is 2. The zero-order valence-corrected chi connectivity index (χ0v) is 18.7. The molecule has 2 N–H and O–H groups in total. The number of allylic oxidation sites excluding steroid dienone is 1. The fraction of sp³-hybridized carbons (Fsp3) is 0.261. The third-order valence-electron chi connectivity index (χ3n) is 5.42. The molecular weight excluding hydrogens is 408 g/mol. The predicted molar refractivity (Wildman–Crippen MR) is 123 cm³/mol. The maximum Gasteiger partial charge on any atom is 0.255 e. The highest BCUT2D eigenvalue weighted by Crippen LogP contribution is 2.37. The van der Waals surface area contributed by atoms with E-state index in [1.54, 1.807) is 37.1 Å². The summed E-state index contributed by atoms with van der Waals surface area (Å²) in [6.45, 7) is 1.86. The number of anilines is 3. The Balaban J connectivity index is 1.73. The smallest absolute Gasteiger partial charge is 0.255 e. The second-order valence-corrected chi connectivity index (χ2v) is 7.60. The molecule has 1 aliphatic heterocycles. The largest absolute Gasteiger partial charge is 0.497 e. The summed E-state index contributed by atoms with van der Waals surface area (Å²) in [4.78, 5) is 19.8. The van der Waals surface area contributed by atoms with Crippen molar-refractivity contribution in [2.24, 2.45) is 0 Å². The molecule has 1 aromatic heterocycles. The minimum absolute atomic E-state index is 0.263. The van der Waals surface area contributed by atoms with Gasteiger partial charge < -0.3 is 25.0 Å². The van der Waals surface area contributed by atoms with Crippen LogP contribution in [0.3, 0.4) is 0 Å². The van der Waals surface area contributed by atoms with E-state index in [-0.39, 0.29) is 5.91 Å². The number of carbonyl (C=O) groups excluding carboxylic acids is 1. The van der Waals surface area contributed by atoms with Crippen LogP contribution < -0.4 is 25.0 Å². The second kappa shape index (κ2) is 8.62. The molecule has 0 fully saturated rings. The van der Waals surface area contributed by atoms with Crippen molar-refractivity contribution in [1.29, 1.82) is 0 Å². The SMILES string of the molecule is COc1ccc(NC(=O)C2=C(C)Nc3ncnn3[C@H]2c2ccc(N(C)C)cc2)c(OC)c1. The van der Waals surface area contributed by atoms with Crippen LogP contribution in [0.1, 0.15) is 18.5 Å². The van der Waals surface area contributed by atoms with E-state index in [0.29, 0.717) is 34.4 Å². The van der Waals surface area contributed by atoms with Gasteiger partial charge in [-0.1, -0.05) is 12.1 Å². The molecule has 0 saturated carbocycles. The number of fused-ring (bicyclic) bond motifs is 1. The summed E-state index contributed by atoms with van der Waals surface area (Å²) < 4.78 is 12.4. The highest BCUT2D eigenvalue weighted by atomic mass is 16.5. The third kappa shape index (κ3) is 3.84. The van der Waals surface area contributed by atoms with E-state index in [9.17, 15) is 4.79 Å². The fourth-order valence-corrected chi connectivity index (χ4v) is 3.74. The van der Waals surface area contributed by atoms with Gasteiger partial charge in [0, 0.05) is 31.5 Å². The van der Waals surface area contributed by atoms with Gasteiger partial charge in [0.2, 0.25) is 5.95 Å². The molecule has 0 saturated heterocycles. The Kier molecular flexibility index (Phi) is 5.72. The number of amides is 1. The van der Waals surface area contributed by atoms with Gasteiger partial charge in [0.1, 0.15) is 23.9 Å². The number of nitrogens with one attached hydrogen (secondary N) is 2. The van der Waals surface area contributed by atoms with Crippen LogP contribution >= 0.6 is 0 Å². The van der Waals surface area contributed by atoms with E-state index in [0.717, 1.165) is 11.3 Å². The molecular formula is C23H26N6O3. The van der Waals surface area contributed by atoms with E-state index in [4.69, 9.17) is 9.47 Å². The fourth-order valence-electron chi connectivity index (χ4n) is 3.74. The van der Waals surface area contributed by atoms with E-state index < -0.39 is 6.04 Å². The Labute approximate surface area is 186 Å². The van der Waals surface area contributed by atoms with Crippen molar-refractivity contribution in [3.05, 3.63) is 65.6 Å². The van der Waals surface area contributed by atoms with Crippen molar-refractivity contribution in [3.8, 4) is 11.5 Å². The van der Waals surface area contributed by atoms with Gasteiger partial charge in [-0.2, -0.15) is 10.1 Å². The van der Waals surface area contributed by atoms with E-state index in [1.165, 1.54) is 6.33 Å². The average molecular weight is 435 g/mol. The molecule has 9 nitrogen and oxygen atoms in total. The molecule has 9 heteroatoms. The molecule has 0 unspecified atom stereocenters. The Hall–Kier alpha value is -4.01. The molecule has 166 valence electrons. The Bertz CT molecular complexity index is 1170. The zero-order chi connectivity index (χ0) is 22.8. The van der Waals surface area contributed by atoms with Crippen LogP contribution in [-0.4, -0.2) is 49.0 Å². The van der Waals surface area contributed by atoms with Crippen molar-refractivity contribution >= 4 is 23.2 Å². The molecule has 1 amide bonds. The number of rotatable bonds is 6. The van der Waals surface area contributed by atoms with E-state index in [1.807, 2.05) is 50.2 Å². The lowest BCUT2D eigenvalue weighted by Crippen LogP contribution is -2.31. The minimum Gasteiger partial charge on any atom is -0.497 e. The number of carbonyl (C=O) groups is 1. The van der Waals surface area contributed by atoms with Gasteiger partial charge in [-0.25, -0.2) is 4.68 Å². The van der Waals surface area contributed by atoms with E-state index in [2.05, 4.69) is 20.7 Å². The number of hydrogen-bond acceptors (Lipinski definition) is 7. The molecule has 3 aromatic rings. The van der Waals surface area contributed by atoms with Crippen molar-refractivity contribution in [2.75, 3.05) is 43.8 Å². The number of ether oxygens (including phenoxy) is 2. The Morgan fingerprint density at radius 2 is 1.88 bits per heavy atom. The standard InChI is InChI=1S/C23H26N6O3/c1-14-20(22(30)27-18-11-10-17(31-4)12-19(18)32-5)21(29-23(26-14)24-13-25-29)15-6-8-16(9-7-15)28(2)3/h6-13,21H,1-5H3,(H,27,30)(H,24,25,26)/t21-/m0/s1. The van der Waals surface area contributed by atoms with Gasteiger partial charge in [0.15, 0.2) is 0 Å². The minimum atomic E-state index is -0.436. The molecule has 0 aliphatic carbocycles. The molecule has 0 bridgehead atoms. The summed E-state index contributed by atoms with van der Waals surface area (Å²) in [7, 11) is 7.10. The maximum atomic E-state index is 13.5. The van der Waals surface area contributed by atoms with Crippen LogP contribution in [-0.2, 0) is 4.79 Å². The number of nitrogens with zero attached hydrogens (tertiary/aromatic N) is 4.